The first-order valence-electron chi connectivity index (χ1n) is 6.75. The highest BCUT2D eigenvalue weighted by Gasteiger charge is 2.17. The molecule has 0 saturated carbocycles. The highest BCUT2D eigenvalue weighted by Crippen LogP contribution is 2.17. The van der Waals surface area contributed by atoms with Crippen LogP contribution in [0.25, 0.3) is 11.3 Å². The van der Waals surface area contributed by atoms with Crippen LogP contribution in [0.2, 0.25) is 0 Å². The minimum absolute atomic E-state index is 0.366. The number of nitrogens with one attached hydrogen (secondary N) is 1. The third-order valence-electron chi connectivity index (χ3n) is 3.13. The number of halogens is 3. The van der Waals surface area contributed by atoms with E-state index in [2.05, 4.69) is 10.3 Å². The van der Waals surface area contributed by atoms with Gasteiger partial charge in [0.15, 0.2) is 4.84 Å². The molecule has 2 aromatic rings. The summed E-state index contributed by atoms with van der Waals surface area (Å²) in [6.45, 7) is -0.686. The number of benzene rings is 1. The number of carbonyl (C=O) groups is 1. The molecule has 6 heteroatoms. The van der Waals surface area contributed by atoms with E-state index in [4.69, 9.17) is 23.2 Å². The van der Waals surface area contributed by atoms with Crippen LogP contribution in [0.5, 0.6) is 0 Å². The third kappa shape index (κ3) is 4.68. The van der Waals surface area contributed by atoms with Gasteiger partial charge in [-0.15, -0.1) is 0 Å². The van der Waals surface area contributed by atoms with Gasteiger partial charge >= 0.3 is 0 Å². The molecule has 1 aromatic heterocycles. The van der Waals surface area contributed by atoms with Crippen LogP contribution >= 0.6 is 23.2 Å². The molecule has 3 nitrogen and oxygen atoms in total. The Morgan fingerprint density at radius 2 is 1.91 bits per heavy atom. The monoisotopic (exact) mass is 340 g/mol. The van der Waals surface area contributed by atoms with Crippen molar-refractivity contribution in [1.82, 2.24) is 10.3 Å². The number of hydrogen-bond donors (Lipinski definition) is 1. The summed E-state index contributed by atoms with van der Waals surface area (Å²) in [5.41, 5.74) is 2.76. The zero-order valence-electron chi connectivity index (χ0n) is 11.7. The Morgan fingerprint density at radius 1 is 1.18 bits per heavy atom. The maximum atomic E-state index is 13.0. The van der Waals surface area contributed by atoms with Crippen LogP contribution in [0, 0.1) is 0 Å². The summed E-state index contributed by atoms with van der Waals surface area (Å²) in [7, 11) is 0. The molecule has 0 saturated heterocycles. The van der Waals surface area contributed by atoms with Gasteiger partial charge in [0.05, 0.1) is 11.7 Å². The van der Waals surface area contributed by atoms with Gasteiger partial charge < -0.3 is 5.32 Å². The summed E-state index contributed by atoms with van der Waals surface area (Å²) in [5, 5.41) is 2.47. The van der Waals surface area contributed by atoms with Gasteiger partial charge in [0.1, 0.15) is 6.67 Å². The molecule has 0 aliphatic carbocycles. The number of rotatable bonds is 6. The van der Waals surface area contributed by atoms with Crippen LogP contribution in [-0.4, -0.2) is 28.4 Å². The normalized spacial score (nSPS) is 12.2. The van der Waals surface area contributed by atoms with Crippen molar-refractivity contribution in [2.24, 2.45) is 0 Å². The van der Waals surface area contributed by atoms with Crippen molar-refractivity contribution in [2.75, 3.05) is 6.67 Å². The van der Waals surface area contributed by atoms with Gasteiger partial charge in [0.25, 0.3) is 5.91 Å². The average molecular weight is 341 g/mol. The molecule has 0 fully saturated rings. The van der Waals surface area contributed by atoms with Gasteiger partial charge in [0, 0.05) is 11.8 Å². The number of aromatic nitrogens is 1. The first kappa shape index (κ1) is 16.7. The summed E-state index contributed by atoms with van der Waals surface area (Å²) < 4.78 is 13.0. The van der Waals surface area contributed by atoms with Crippen LogP contribution in [0.15, 0.2) is 48.7 Å². The van der Waals surface area contributed by atoms with Crippen molar-refractivity contribution >= 4 is 29.1 Å². The maximum Gasteiger partial charge on any atom is 0.253 e. The van der Waals surface area contributed by atoms with Crippen LogP contribution in [0.1, 0.15) is 5.56 Å². The molecule has 1 aromatic carbocycles. The van der Waals surface area contributed by atoms with Crippen LogP contribution < -0.4 is 5.32 Å². The van der Waals surface area contributed by atoms with Crippen LogP contribution in [-0.2, 0) is 11.2 Å². The number of nitrogens with zero attached hydrogens (tertiary/aromatic N) is 1. The first-order valence-corrected chi connectivity index (χ1v) is 7.62. The van der Waals surface area contributed by atoms with E-state index in [1.165, 1.54) is 0 Å². The minimum atomic E-state index is -1.19. The lowest BCUT2D eigenvalue weighted by molar-refractivity contribution is -0.120. The molecule has 0 aliphatic heterocycles. The van der Waals surface area contributed by atoms with Crippen molar-refractivity contribution in [2.45, 2.75) is 17.3 Å². The van der Waals surface area contributed by atoms with E-state index < -0.39 is 23.5 Å². The first-order chi connectivity index (χ1) is 10.6. The molecular formula is C16H15Cl2FN2O. The van der Waals surface area contributed by atoms with E-state index in [1.807, 2.05) is 42.5 Å². The molecule has 0 bridgehead atoms. The largest absolute Gasteiger partial charge is 0.348 e. The smallest absolute Gasteiger partial charge is 0.253 e. The zero-order chi connectivity index (χ0) is 15.9. The Morgan fingerprint density at radius 3 is 2.45 bits per heavy atom. The van der Waals surface area contributed by atoms with Gasteiger partial charge in [-0.2, -0.15) is 0 Å². The van der Waals surface area contributed by atoms with Gasteiger partial charge in [0.2, 0.25) is 0 Å². The topological polar surface area (TPSA) is 42.0 Å². The number of hydrogen-bond acceptors (Lipinski definition) is 2. The molecule has 0 aliphatic rings. The Hall–Kier alpha value is -1.65. The summed E-state index contributed by atoms with van der Waals surface area (Å²) in [6, 6.07) is 12.7. The van der Waals surface area contributed by atoms with E-state index in [9.17, 15) is 9.18 Å². The van der Waals surface area contributed by atoms with Crippen molar-refractivity contribution in [1.29, 1.82) is 0 Å². The highest BCUT2D eigenvalue weighted by atomic mass is 35.5. The summed E-state index contributed by atoms with van der Waals surface area (Å²) in [6.07, 6.45) is 2.10. The highest BCUT2D eigenvalue weighted by molar-refractivity contribution is 6.53. The van der Waals surface area contributed by atoms with E-state index >= 15 is 0 Å². The second-order valence-electron chi connectivity index (χ2n) is 4.78. The van der Waals surface area contributed by atoms with Crippen molar-refractivity contribution < 1.29 is 9.18 Å². The predicted octanol–water partition coefficient (Wildman–Crippen LogP) is 3.55. The number of pyridine rings is 1. The van der Waals surface area contributed by atoms with Crippen LogP contribution in [0.4, 0.5) is 4.39 Å². The second kappa shape index (κ2) is 8.11. The van der Waals surface area contributed by atoms with Gasteiger partial charge in [-0.25, -0.2) is 4.39 Å². The Bertz CT molecular complexity index is 605. The third-order valence-corrected chi connectivity index (χ3v) is 3.52. The average Bonchev–Trinajstić information content (AvgIpc) is 2.55. The minimum Gasteiger partial charge on any atom is -0.348 e. The molecule has 116 valence electrons. The molecule has 1 amide bonds. The molecule has 0 spiro atoms. The quantitative estimate of drug-likeness (QED) is 0.817. The fraction of sp³-hybridized carbons (Fsp3) is 0.250. The van der Waals surface area contributed by atoms with Crippen molar-refractivity contribution in [3.05, 3.63) is 54.2 Å². The second-order valence-corrected chi connectivity index (χ2v) is 5.87. The Balaban J connectivity index is 2.02. The fourth-order valence-electron chi connectivity index (χ4n) is 2.04. The SMILES string of the molecule is O=C(N[C@H](CF)Cc1ccc(-c2ccccn2)cc1)C(Cl)Cl. The maximum absolute atomic E-state index is 13.0. The number of carbonyl (C=O) groups excluding carboxylic acids is 1. The number of alkyl halides is 3. The van der Waals surface area contributed by atoms with Crippen molar-refractivity contribution in [3.63, 3.8) is 0 Å². The fourth-order valence-corrected chi connectivity index (χ4v) is 2.16. The van der Waals surface area contributed by atoms with Crippen LogP contribution in [0.3, 0.4) is 0 Å². The molecule has 0 radical (unpaired) electrons. The summed E-state index contributed by atoms with van der Waals surface area (Å²) >= 11 is 10.9. The molecule has 1 N–H and O–H groups in total. The van der Waals surface area contributed by atoms with E-state index in [-0.39, 0.29) is 0 Å². The Kier molecular flexibility index (Phi) is 6.16. The van der Waals surface area contributed by atoms with Gasteiger partial charge in [-0.05, 0) is 24.1 Å². The lowest BCUT2D eigenvalue weighted by Gasteiger charge is -2.16. The Labute approximate surface area is 138 Å². The van der Waals surface area contributed by atoms with Gasteiger partial charge in [-0.1, -0.05) is 53.5 Å². The molecule has 1 atom stereocenters. The molecule has 2 rings (SSSR count). The lowest BCUT2D eigenvalue weighted by atomic mass is 10.0. The predicted molar refractivity (Wildman–Crippen MR) is 86.8 cm³/mol. The lowest BCUT2D eigenvalue weighted by Crippen LogP contribution is -2.40. The molecule has 0 unspecified atom stereocenters. The van der Waals surface area contributed by atoms with E-state index in [0.29, 0.717) is 6.42 Å². The van der Waals surface area contributed by atoms with Crippen molar-refractivity contribution in [3.8, 4) is 11.3 Å². The standard InChI is InChI=1S/C16H15Cl2FN2O/c17-15(18)16(22)21-13(10-19)9-11-4-6-12(7-5-11)14-3-1-2-8-20-14/h1-8,13,15H,9-10H2,(H,21,22)/t13-/m0/s1. The molecule has 22 heavy (non-hydrogen) atoms. The summed E-state index contributed by atoms with van der Waals surface area (Å²) in [4.78, 5) is 14.5. The summed E-state index contributed by atoms with van der Waals surface area (Å²) in [5.74, 6) is -0.587. The van der Waals surface area contributed by atoms with Gasteiger partial charge in [-0.3, -0.25) is 9.78 Å². The molecule has 1 heterocycles. The number of amides is 1. The molecular weight excluding hydrogens is 326 g/mol. The van der Waals surface area contributed by atoms with E-state index in [0.717, 1.165) is 16.8 Å². The zero-order valence-corrected chi connectivity index (χ0v) is 13.2. The van der Waals surface area contributed by atoms with E-state index in [1.54, 1.807) is 6.20 Å².